The van der Waals surface area contributed by atoms with Gasteiger partial charge in [-0.05, 0) is 42.3 Å². The summed E-state index contributed by atoms with van der Waals surface area (Å²) in [4.78, 5) is 13.3. The summed E-state index contributed by atoms with van der Waals surface area (Å²) in [6.07, 6.45) is 0. The van der Waals surface area contributed by atoms with E-state index in [1.807, 2.05) is 30.3 Å². The number of ketones is 1. The molecular formula is C24H20O4. The van der Waals surface area contributed by atoms with E-state index >= 15 is 0 Å². The van der Waals surface area contributed by atoms with Crippen molar-refractivity contribution >= 4 is 5.78 Å². The maximum atomic E-state index is 13.3. The van der Waals surface area contributed by atoms with Crippen LogP contribution in [0.3, 0.4) is 0 Å². The Morgan fingerprint density at radius 3 is 2.18 bits per heavy atom. The van der Waals surface area contributed by atoms with E-state index in [2.05, 4.69) is 11.8 Å². The van der Waals surface area contributed by atoms with Crippen LogP contribution in [0.15, 0.2) is 78.9 Å². The second kappa shape index (κ2) is 8.43. The zero-order chi connectivity index (χ0) is 20.0. The summed E-state index contributed by atoms with van der Waals surface area (Å²) in [6.45, 7) is 0. The molecule has 4 nitrogen and oxygen atoms in total. The molecule has 0 fully saturated rings. The smallest absolute Gasteiger partial charge is 0.215 e. The number of hydrogen-bond acceptors (Lipinski definition) is 4. The molecule has 0 aliphatic carbocycles. The molecule has 0 heterocycles. The highest BCUT2D eigenvalue weighted by atomic mass is 16.5. The number of ether oxygens (including phenoxy) is 2. The number of carbonyl (C=O) groups is 1. The van der Waals surface area contributed by atoms with Crippen molar-refractivity contribution in [2.24, 2.45) is 0 Å². The van der Waals surface area contributed by atoms with E-state index in [0.717, 1.165) is 0 Å². The third-order valence-electron chi connectivity index (χ3n) is 4.31. The zero-order valence-corrected chi connectivity index (χ0v) is 15.7. The lowest BCUT2D eigenvalue weighted by atomic mass is 9.86. The Labute approximate surface area is 164 Å². The summed E-state index contributed by atoms with van der Waals surface area (Å²) in [5.41, 5.74) is -0.714. The molecule has 28 heavy (non-hydrogen) atoms. The maximum Gasteiger partial charge on any atom is 0.215 e. The Morgan fingerprint density at radius 1 is 0.857 bits per heavy atom. The summed E-state index contributed by atoms with van der Waals surface area (Å²) < 4.78 is 10.4. The van der Waals surface area contributed by atoms with Gasteiger partial charge in [0.05, 0.1) is 14.2 Å². The van der Waals surface area contributed by atoms with E-state index in [1.165, 1.54) is 14.2 Å². The topological polar surface area (TPSA) is 55.8 Å². The lowest BCUT2D eigenvalue weighted by Gasteiger charge is -2.22. The Balaban J connectivity index is 2.13. The van der Waals surface area contributed by atoms with Crippen LogP contribution in [0.25, 0.3) is 0 Å². The first-order chi connectivity index (χ1) is 13.6. The summed E-state index contributed by atoms with van der Waals surface area (Å²) in [7, 11) is 3.05. The molecule has 140 valence electrons. The molecule has 3 aromatic rings. The third-order valence-corrected chi connectivity index (χ3v) is 4.31. The van der Waals surface area contributed by atoms with Crippen molar-refractivity contribution in [3.63, 3.8) is 0 Å². The van der Waals surface area contributed by atoms with E-state index in [0.29, 0.717) is 28.2 Å². The van der Waals surface area contributed by atoms with Crippen LogP contribution in [-0.2, 0) is 5.60 Å². The highest BCUT2D eigenvalue weighted by Crippen LogP contribution is 2.29. The predicted octanol–water partition coefficient (Wildman–Crippen LogP) is 3.83. The minimum atomic E-state index is -2.04. The molecule has 0 bridgehead atoms. The van der Waals surface area contributed by atoms with Crippen LogP contribution in [0.1, 0.15) is 21.5 Å². The van der Waals surface area contributed by atoms with Crippen LogP contribution in [0.5, 0.6) is 11.5 Å². The minimum absolute atomic E-state index is 0.298. The molecule has 0 aromatic heterocycles. The second-order valence-corrected chi connectivity index (χ2v) is 6.12. The summed E-state index contributed by atoms with van der Waals surface area (Å²) in [5.74, 6) is 6.19. The molecule has 3 rings (SSSR count). The molecule has 0 amide bonds. The maximum absolute atomic E-state index is 13.3. The third kappa shape index (κ3) is 4.06. The highest BCUT2D eigenvalue weighted by molar-refractivity contribution is 6.05. The van der Waals surface area contributed by atoms with Gasteiger partial charge < -0.3 is 14.6 Å². The molecule has 1 atom stereocenters. The van der Waals surface area contributed by atoms with E-state index in [9.17, 15) is 9.90 Å². The summed E-state index contributed by atoms with van der Waals surface area (Å²) in [6, 6.07) is 22.5. The number of methoxy groups -OCH3 is 2. The quantitative estimate of drug-likeness (QED) is 0.546. The fourth-order valence-electron chi connectivity index (χ4n) is 2.77. The molecule has 0 unspecified atom stereocenters. The Morgan fingerprint density at radius 2 is 1.50 bits per heavy atom. The first-order valence-electron chi connectivity index (χ1n) is 8.71. The summed E-state index contributed by atoms with van der Waals surface area (Å²) >= 11 is 0. The molecule has 0 saturated heterocycles. The fourth-order valence-corrected chi connectivity index (χ4v) is 2.77. The van der Waals surface area contributed by atoms with Crippen molar-refractivity contribution in [2.75, 3.05) is 14.2 Å². The van der Waals surface area contributed by atoms with E-state index < -0.39 is 11.4 Å². The number of Topliss-reactive ketones (excluding diaryl/α,β-unsaturated/α-hetero) is 1. The zero-order valence-electron chi connectivity index (χ0n) is 15.7. The lowest BCUT2D eigenvalue weighted by Crippen LogP contribution is -2.34. The Bertz CT molecular complexity index is 1030. The standard InChI is InChI=1S/C24H20O4/c1-27-21-12-6-10-19(16-21)23(25)24(26,15-14-18-8-4-3-5-9-18)20-11-7-13-22(17-20)28-2/h3-13,16-17,26H,1-2H3/t24-/m1/s1. The summed E-state index contributed by atoms with van der Waals surface area (Å²) in [5, 5.41) is 11.4. The van der Waals surface area contributed by atoms with Gasteiger partial charge in [-0.1, -0.05) is 48.4 Å². The predicted molar refractivity (Wildman–Crippen MR) is 108 cm³/mol. The minimum Gasteiger partial charge on any atom is -0.497 e. The van der Waals surface area contributed by atoms with Crippen molar-refractivity contribution in [3.8, 4) is 23.3 Å². The van der Waals surface area contributed by atoms with Crippen LogP contribution in [-0.4, -0.2) is 25.1 Å². The van der Waals surface area contributed by atoms with E-state index in [1.54, 1.807) is 48.5 Å². The van der Waals surface area contributed by atoms with Gasteiger partial charge in [-0.3, -0.25) is 4.79 Å². The van der Waals surface area contributed by atoms with Crippen LogP contribution in [0.4, 0.5) is 0 Å². The van der Waals surface area contributed by atoms with Gasteiger partial charge >= 0.3 is 0 Å². The molecule has 4 heteroatoms. The fraction of sp³-hybridized carbons (Fsp3) is 0.125. The van der Waals surface area contributed by atoms with Gasteiger partial charge in [0.2, 0.25) is 11.4 Å². The van der Waals surface area contributed by atoms with Crippen molar-refractivity contribution in [1.82, 2.24) is 0 Å². The number of aliphatic hydroxyl groups is 1. The van der Waals surface area contributed by atoms with Gasteiger partial charge in [-0.2, -0.15) is 0 Å². The Kier molecular flexibility index (Phi) is 5.78. The van der Waals surface area contributed by atoms with E-state index in [-0.39, 0.29) is 0 Å². The molecule has 0 aliphatic heterocycles. The van der Waals surface area contributed by atoms with Crippen molar-refractivity contribution in [3.05, 3.63) is 95.6 Å². The first kappa shape index (κ1) is 19.2. The molecule has 3 aromatic carbocycles. The van der Waals surface area contributed by atoms with Gasteiger partial charge in [0.1, 0.15) is 11.5 Å². The molecule has 1 N–H and O–H groups in total. The number of rotatable bonds is 5. The van der Waals surface area contributed by atoms with Gasteiger partial charge in [-0.25, -0.2) is 0 Å². The first-order valence-corrected chi connectivity index (χ1v) is 8.71. The molecular weight excluding hydrogens is 352 g/mol. The van der Waals surface area contributed by atoms with Crippen molar-refractivity contribution in [2.45, 2.75) is 5.60 Å². The van der Waals surface area contributed by atoms with Gasteiger partial charge in [0.25, 0.3) is 0 Å². The largest absolute Gasteiger partial charge is 0.497 e. The lowest BCUT2D eigenvalue weighted by molar-refractivity contribution is 0.0553. The molecule has 0 radical (unpaired) electrons. The average molecular weight is 372 g/mol. The number of hydrogen-bond donors (Lipinski definition) is 1. The van der Waals surface area contributed by atoms with Gasteiger partial charge in [-0.15, -0.1) is 0 Å². The average Bonchev–Trinajstić information content (AvgIpc) is 2.77. The van der Waals surface area contributed by atoms with Gasteiger partial charge in [0, 0.05) is 16.7 Å². The van der Waals surface area contributed by atoms with Crippen LogP contribution in [0, 0.1) is 11.8 Å². The second-order valence-electron chi connectivity index (χ2n) is 6.12. The van der Waals surface area contributed by atoms with Crippen molar-refractivity contribution < 1.29 is 19.4 Å². The van der Waals surface area contributed by atoms with Crippen LogP contribution < -0.4 is 9.47 Å². The number of carbonyl (C=O) groups excluding carboxylic acids is 1. The van der Waals surface area contributed by atoms with Crippen molar-refractivity contribution in [1.29, 1.82) is 0 Å². The Hall–Kier alpha value is -3.55. The van der Waals surface area contributed by atoms with Gasteiger partial charge in [0.15, 0.2) is 0 Å². The molecule has 0 saturated carbocycles. The highest BCUT2D eigenvalue weighted by Gasteiger charge is 2.37. The normalized spacial score (nSPS) is 12.2. The molecule has 0 spiro atoms. The van der Waals surface area contributed by atoms with Crippen LogP contribution >= 0.6 is 0 Å². The number of benzene rings is 3. The SMILES string of the molecule is COc1cccc(C(=O)[C@@](O)(C#Cc2ccccc2)c2cccc(OC)c2)c1. The monoisotopic (exact) mass is 372 g/mol. The van der Waals surface area contributed by atoms with E-state index in [4.69, 9.17) is 9.47 Å². The molecule has 0 aliphatic rings. The van der Waals surface area contributed by atoms with Crippen LogP contribution in [0.2, 0.25) is 0 Å².